The lowest BCUT2D eigenvalue weighted by Gasteiger charge is -2.12. The highest BCUT2D eigenvalue weighted by atomic mass is 16.5. The third-order valence-corrected chi connectivity index (χ3v) is 3.51. The van der Waals surface area contributed by atoms with Gasteiger partial charge < -0.3 is 14.0 Å². The van der Waals surface area contributed by atoms with Gasteiger partial charge in [0.15, 0.2) is 23.6 Å². The third kappa shape index (κ3) is 3.18. The molecule has 1 aromatic heterocycles. The minimum Gasteiger partial charge on any atom is -0.490 e. The van der Waals surface area contributed by atoms with Crippen molar-refractivity contribution in [1.29, 1.82) is 0 Å². The number of imidazole rings is 1. The molecule has 0 saturated carbocycles. The maximum Gasteiger partial charge on any atom is 0.185 e. The molecule has 0 spiro atoms. The zero-order valence-corrected chi connectivity index (χ0v) is 12.9. The van der Waals surface area contributed by atoms with E-state index in [-0.39, 0.29) is 0 Å². The number of aldehydes is 1. The Balaban J connectivity index is 1.75. The quantitative estimate of drug-likeness (QED) is 0.628. The molecule has 3 rings (SSSR count). The average molecular weight is 310 g/mol. The summed E-state index contributed by atoms with van der Waals surface area (Å²) in [4.78, 5) is 15.5. The lowest BCUT2D eigenvalue weighted by molar-refractivity contribution is 0.111. The molecule has 3 aromatic rings. The molecular formula is C18H18N2O3. The number of hydrogen-bond acceptors (Lipinski definition) is 4. The molecular weight excluding hydrogens is 292 g/mol. The largest absolute Gasteiger partial charge is 0.490 e. The van der Waals surface area contributed by atoms with Gasteiger partial charge in [-0.1, -0.05) is 24.3 Å². The Kier molecular flexibility index (Phi) is 4.57. The summed E-state index contributed by atoms with van der Waals surface area (Å²) in [6, 6.07) is 15.2. The number of nitrogens with zero attached hydrogens (tertiary/aromatic N) is 2. The molecule has 0 fully saturated rings. The normalized spacial score (nSPS) is 10.7. The van der Waals surface area contributed by atoms with Crippen LogP contribution < -0.4 is 9.47 Å². The maximum atomic E-state index is 11.2. The molecule has 0 aliphatic carbocycles. The van der Waals surface area contributed by atoms with Gasteiger partial charge in [-0.25, -0.2) is 4.98 Å². The summed E-state index contributed by atoms with van der Waals surface area (Å²) in [6.45, 7) is 3.48. The average Bonchev–Trinajstić information content (AvgIpc) is 2.95. The molecule has 0 N–H and O–H groups in total. The highest BCUT2D eigenvalue weighted by Crippen LogP contribution is 2.26. The van der Waals surface area contributed by atoms with Gasteiger partial charge in [-0.3, -0.25) is 4.79 Å². The summed E-state index contributed by atoms with van der Waals surface area (Å²) >= 11 is 0. The lowest BCUT2D eigenvalue weighted by Crippen LogP contribution is -2.11. The molecule has 0 aliphatic heterocycles. The van der Waals surface area contributed by atoms with Crippen LogP contribution in [0.2, 0.25) is 0 Å². The molecule has 0 aliphatic rings. The van der Waals surface area contributed by atoms with Crippen molar-refractivity contribution in [2.45, 2.75) is 13.5 Å². The van der Waals surface area contributed by atoms with E-state index < -0.39 is 0 Å². The zero-order chi connectivity index (χ0) is 16.1. The second-order valence-electron chi connectivity index (χ2n) is 4.96. The van der Waals surface area contributed by atoms with Gasteiger partial charge in [0.25, 0.3) is 0 Å². The number of fused-ring (bicyclic) bond motifs is 1. The molecule has 1 heterocycles. The summed E-state index contributed by atoms with van der Waals surface area (Å²) < 4.78 is 13.2. The Morgan fingerprint density at radius 2 is 1.74 bits per heavy atom. The Morgan fingerprint density at radius 1 is 1.04 bits per heavy atom. The van der Waals surface area contributed by atoms with Crippen molar-refractivity contribution in [2.24, 2.45) is 0 Å². The van der Waals surface area contributed by atoms with Crippen LogP contribution in [0.15, 0.2) is 48.5 Å². The van der Waals surface area contributed by atoms with E-state index >= 15 is 0 Å². The van der Waals surface area contributed by atoms with E-state index in [4.69, 9.17) is 9.47 Å². The molecule has 0 amide bonds. The van der Waals surface area contributed by atoms with Gasteiger partial charge in [0, 0.05) is 0 Å². The number of para-hydroxylation sites is 4. The fourth-order valence-corrected chi connectivity index (χ4v) is 2.51. The molecule has 0 bridgehead atoms. The fourth-order valence-electron chi connectivity index (χ4n) is 2.51. The standard InChI is InChI=1S/C18H18N2O3/c1-2-22-16-9-5-6-10-17(16)23-12-11-20-15-8-4-3-7-14(15)19-18(20)13-21/h3-10,13H,2,11-12H2,1H3. The summed E-state index contributed by atoms with van der Waals surface area (Å²) in [7, 11) is 0. The van der Waals surface area contributed by atoms with Gasteiger partial charge in [-0.2, -0.15) is 0 Å². The molecule has 0 saturated heterocycles. The van der Waals surface area contributed by atoms with Gasteiger partial charge in [-0.05, 0) is 31.2 Å². The van der Waals surface area contributed by atoms with Crippen LogP contribution in [0.1, 0.15) is 17.5 Å². The van der Waals surface area contributed by atoms with Crippen LogP contribution in [0.4, 0.5) is 0 Å². The lowest BCUT2D eigenvalue weighted by atomic mass is 10.3. The predicted molar refractivity (Wildman–Crippen MR) is 88.2 cm³/mol. The third-order valence-electron chi connectivity index (χ3n) is 3.51. The summed E-state index contributed by atoms with van der Waals surface area (Å²) in [5.74, 6) is 1.83. The van der Waals surface area contributed by atoms with Gasteiger partial charge >= 0.3 is 0 Å². The summed E-state index contributed by atoms with van der Waals surface area (Å²) in [6.07, 6.45) is 0.772. The van der Waals surface area contributed by atoms with Crippen LogP contribution in [0.3, 0.4) is 0 Å². The van der Waals surface area contributed by atoms with Crippen molar-refractivity contribution in [2.75, 3.05) is 13.2 Å². The van der Waals surface area contributed by atoms with Gasteiger partial charge in [0.2, 0.25) is 0 Å². The topological polar surface area (TPSA) is 53.4 Å². The van der Waals surface area contributed by atoms with E-state index in [1.165, 1.54) is 0 Å². The number of ether oxygens (including phenoxy) is 2. The Labute approximate surface area is 134 Å². The number of aromatic nitrogens is 2. The first-order chi connectivity index (χ1) is 11.3. The minimum absolute atomic E-state index is 0.410. The summed E-state index contributed by atoms with van der Waals surface area (Å²) in [5, 5.41) is 0. The van der Waals surface area contributed by atoms with Crippen molar-refractivity contribution in [1.82, 2.24) is 9.55 Å². The zero-order valence-electron chi connectivity index (χ0n) is 12.9. The van der Waals surface area contributed by atoms with E-state index in [0.717, 1.165) is 23.1 Å². The van der Waals surface area contributed by atoms with Crippen molar-refractivity contribution in [3.8, 4) is 11.5 Å². The van der Waals surface area contributed by atoms with Crippen molar-refractivity contribution >= 4 is 17.3 Å². The molecule has 0 atom stereocenters. The Hall–Kier alpha value is -2.82. The van der Waals surface area contributed by atoms with E-state index in [0.29, 0.717) is 31.3 Å². The number of carbonyl (C=O) groups is 1. The second kappa shape index (κ2) is 6.96. The molecule has 2 aromatic carbocycles. The van der Waals surface area contributed by atoms with E-state index in [2.05, 4.69) is 4.98 Å². The van der Waals surface area contributed by atoms with E-state index in [1.54, 1.807) is 0 Å². The smallest absolute Gasteiger partial charge is 0.185 e. The first-order valence-electron chi connectivity index (χ1n) is 7.58. The molecule has 0 unspecified atom stereocenters. The van der Waals surface area contributed by atoms with Crippen LogP contribution in [0.5, 0.6) is 11.5 Å². The van der Waals surface area contributed by atoms with Crippen LogP contribution in [-0.2, 0) is 6.54 Å². The van der Waals surface area contributed by atoms with E-state index in [9.17, 15) is 4.79 Å². The first kappa shape index (κ1) is 15.1. The number of benzene rings is 2. The van der Waals surface area contributed by atoms with Crippen LogP contribution in [0, 0.1) is 0 Å². The number of rotatable bonds is 7. The maximum absolute atomic E-state index is 11.2. The van der Waals surface area contributed by atoms with Crippen molar-refractivity contribution in [3.05, 3.63) is 54.4 Å². The van der Waals surface area contributed by atoms with E-state index in [1.807, 2.05) is 60.0 Å². The number of carbonyl (C=O) groups excluding carboxylic acids is 1. The summed E-state index contributed by atoms with van der Waals surface area (Å²) in [5.41, 5.74) is 1.74. The second-order valence-corrected chi connectivity index (χ2v) is 4.96. The van der Waals surface area contributed by atoms with Crippen molar-refractivity contribution in [3.63, 3.8) is 0 Å². The van der Waals surface area contributed by atoms with Crippen LogP contribution in [-0.4, -0.2) is 29.1 Å². The van der Waals surface area contributed by atoms with Gasteiger partial charge in [0.1, 0.15) is 6.61 Å². The highest BCUT2D eigenvalue weighted by Gasteiger charge is 2.10. The molecule has 0 radical (unpaired) electrons. The fraction of sp³-hybridized carbons (Fsp3) is 0.222. The van der Waals surface area contributed by atoms with Gasteiger partial charge in [-0.15, -0.1) is 0 Å². The molecule has 5 nitrogen and oxygen atoms in total. The highest BCUT2D eigenvalue weighted by molar-refractivity contribution is 5.82. The van der Waals surface area contributed by atoms with Gasteiger partial charge in [0.05, 0.1) is 24.2 Å². The SMILES string of the molecule is CCOc1ccccc1OCCn1c(C=O)nc2ccccc21. The predicted octanol–water partition coefficient (Wildman–Crippen LogP) is 3.33. The molecule has 118 valence electrons. The monoisotopic (exact) mass is 310 g/mol. The Bertz CT molecular complexity index is 811. The molecule has 5 heteroatoms. The molecule has 23 heavy (non-hydrogen) atoms. The van der Waals surface area contributed by atoms with Crippen LogP contribution >= 0.6 is 0 Å². The Morgan fingerprint density at radius 3 is 2.48 bits per heavy atom. The van der Waals surface area contributed by atoms with Crippen molar-refractivity contribution < 1.29 is 14.3 Å². The minimum atomic E-state index is 0.410. The van der Waals surface area contributed by atoms with Crippen LogP contribution in [0.25, 0.3) is 11.0 Å². The first-order valence-corrected chi connectivity index (χ1v) is 7.58. The number of hydrogen-bond donors (Lipinski definition) is 0.